The molecule has 0 saturated carbocycles. The summed E-state index contributed by atoms with van der Waals surface area (Å²) in [6, 6.07) is 7.03. The summed E-state index contributed by atoms with van der Waals surface area (Å²) in [6.07, 6.45) is 1.95. The summed E-state index contributed by atoms with van der Waals surface area (Å²) in [5, 5.41) is 0. The fraction of sp³-hybridized carbons (Fsp3) is 0.462. The van der Waals surface area contributed by atoms with Gasteiger partial charge in [-0.1, -0.05) is 36.5 Å². The largest absolute Gasteiger partial charge is 0.389 e. The minimum atomic E-state index is -3.41. The van der Waals surface area contributed by atoms with Gasteiger partial charge in [0.1, 0.15) is 4.99 Å². The summed E-state index contributed by atoms with van der Waals surface area (Å²) in [7, 11) is -3.41. The van der Waals surface area contributed by atoms with Gasteiger partial charge in [0.15, 0.2) is 0 Å². The molecule has 1 rings (SSSR count). The highest BCUT2D eigenvalue weighted by molar-refractivity contribution is 8.00. The second kappa shape index (κ2) is 6.89. The van der Waals surface area contributed by atoms with Gasteiger partial charge in [0.25, 0.3) is 0 Å². The van der Waals surface area contributed by atoms with Crippen molar-refractivity contribution in [1.82, 2.24) is 4.72 Å². The Morgan fingerprint density at radius 2 is 2.00 bits per heavy atom. The van der Waals surface area contributed by atoms with E-state index in [2.05, 4.69) is 4.72 Å². The molecule has 0 bridgehead atoms. The van der Waals surface area contributed by atoms with E-state index in [1.54, 1.807) is 36.0 Å². The molecule has 0 radical (unpaired) electrons. The van der Waals surface area contributed by atoms with Crippen LogP contribution in [0.25, 0.3) is 0 Å². The third-order valence-corrected chi connectivity index (χ3v) is 5.64. The number of nitrogens with one attached hydrogen (secondary N) is 1. The van der Waals surface area contributed by atoms with Crippen LogP contribution in [0.15, 0.2) is 24.3 Å². The number of hydrogen-bond acceptors (Lipinski definition) is 4. The van der Waals surface area contributed by atoms with Gasteiger partial charge in [-0.05, 0) is 25.7 Å². The zero-order chi connectivity index (χ0) is 15.4. The maximum atomic E-state index is 12.1. The molecule has 0 fully saturated rings. The lowest BCUT2D eigenvalue weighted by molar-refractivity contribution is 0.570. The van der Waals surface area contributed by atoms with Gasteiger partial charge in [-0.3, -0.25) is 0 Å². The molecule has 0 spiro atoms. The summed E-state index contributed by atoms with van der Waals surface area (Å²) >= 11 is 6.55. The Morgan fingerprint density at radius 1 is 1.40 bits per heavy atom. The molecule has 0 aliphatic carbocycles. The van der Waals surface area contributed by atoms with E-state index in [9.17, 15) is 8.42 Å². The zero-order valence-corrected chi connectivity index (χ0v) is 14.3. The highest BCUT2D eigenvalue weighted by Gasteiger charge is 2.21. The second-order valence-electron chi connectivity index (χ2n) is 5.07. The van der Waals surface area contributed by atoms with Crippen molar-refractivity contribution in [2.75, 3.05) is 12.8 Å². The van der Waals surface area contributed by atoms with Crippen molar-refractivity contribution in [3.8, 4) is 0 Å². The number of sulfonamides is 1. The van der Waals surface area contributed by atoms with Gasteiger partial charge in [0.2, 0.25) is 10.0 Å². The molecule has 0 amide bonds. The van der Waals surface area contributed by atoms with Crippen LogP contribution in [0.2, 0.25) is 0 Å². The highest BCUT2D eigenvalue weighted by Crippen LogP contribution is 2.20. The molecular formula is C13H20N2O2S3. The van der Waals surface area contributed by atoms with E-state index in [0.29, 0.717) is 17.7 Å². The van der Waals surface area contributed by atoms with E-state index in [1.807, 2.05) is 20.1 Å². The molecule has 0 aliphatic rings. The van der Waals surface area contributed by atoms with Gasteiger partial charge < -0.3 is 5.73 Å². The van der Waals surface area contributed by atoms with Crippen LogP contribution < -0.4 is 10.5 Å². The Hall–Kier alpha value is -0.630. The van der Waals surface area contributed by atoms with Gasteiger partial charge in [0.05, 0.1) is 5.75 Å². The lowest BCUT2D eigenvalue weighted by atomic mass is 10.1. The van der Waals surface area contributed by atoms with Crippen molar-refractivity contribution in [3.05, 3.63) is 35.4 Å². The first kappa shape index (κ1) is 17.4. The van der Waals surface area contributed by atoms with Crippen molar-refractivity contribution < 1.29 is 8.42 Å². The first-order valence-corrected chi connectivity index (χ1v) is 9.35. The van der Waals surface area contributed by atoms with E-state index in [0.717, 1.165) is 0 Å². The van der Waals surface area contributed by atoms with Crippen molar-refractivity contribution >= 4 is 39.0 Å². The molecule has 0 atom stereocenters. The Bertz CT molecular complexity index is 583. The summed E-state index contributed by atoms with van der Waals surface area (Å²) in [5.41, 5.74) is 6.84. The van der Waals surface area contributed by atoms with E-state index >= 15 is 0 Å². The van der Waals surface area contributed by atoms with Gasteiger partial charge in [-0.2, -0.15) is 11.8 Å². The topological polar surface area (TPSA) is 72.2 Å². The molecule has 0 unspecified atom stereocenters. The lowest BCUT2D eigenvalue weighted by Crippen LogP contribution is -2.36. The van der Waals surface area contributed by atoms with Crippen molar-refractivity contribution in [3.63, 3.8) is 0 Å². The number of rotatable bonds is 7. The minimum Gasteiger partial charge on any atom is -0.389 e. The summed E-state index contributed by atoms with van der Waals surface area (Å²) in [5.74, 6) is -0.120. The third-order valence-electron chi connectivity index (χ3n) is 2.90. The van der Waals surface area contributed by atoms with Crippen LogP contribution in [-0.2, 0) is 15.8 Å². The molecule has 112 valence electrons. The molecule has 0 heterocycles. The van der Waals surface area contributed by atoms with Crippen LogP contribution in [0.1, 0.15) is 25.0 Å². The molecule has 3 N–H and O–H groups in total. The highest BCUT2D eigenvalue weighted by atomic mass is 32.2. The second-order valence-corrected chi connectivity index (χ2v) is 8.83. The Labute approximate surface area is 130 Å². The van der Waals surface area contributed by atoms with E-state index in [-0.39, 0.29) is 15.5 Å². The van der Waals surface area contributed by atoms with Crippen LogP contribution in [0.5, 0.6) is 0 Å². The average Bonchev–Trinajstić information content (AvgIpc) is 2.37. The van der Waals surface area contributed by atoms with E-state index in [1.165, 1.54) is 0 Å². The maximum Gasteiger partial charge on any atom is 0.215 e. The van der Waals surface area contributed by atoms with Crippen molar-refractivity contribution in [1.29, 1.82) is 0 Å². The number of thiocarbonyl (C=S) groups is 1. The van der Waals surface area contributed by atoms with Crippen molar-refractivity contribution in [2.24, 2.45) is 5.73 Å². The smallest absolute Gasteiger partial charge is 0.215 e. The van der Waals surface area contributed by atoms with Crippen LogP contribution in [-0.4, -0.2) is 31.0 Å². The normalized spacial score (nSPS) is 12.3. The molecule has 0 saturated heterocycles. The number of hydrogen-bond donors (Lipinski definition) is 2. The predicted molar refractivity (Wildman–Crippen MR) is 90.5 cm³/mol. The van der Waals surface area contributed by atoms with Gasteiger partial charge in [-0.25, -0.2) is 13.1 Å². The van der Waals surface area contributed by atoms with Crippen molar-refractivity contribution in [2.45, 2.75) is 24.3 Å². The Balaban J connectivity index is 2.85. The van der Waals surface area contributed by atoms with Gasteiger partial charge in [0, 0.05) is 16.9 Å². The van der Waals surface area contributed by atoms with Gasteiger partial charge in [-0.15, -0.1) is 0 Å². The minimum absolute atomic E-state index is 0.120. The summed E-state index contributed by atoms with van der Waals surface area (Å²) in [6.45, 7) is 4.36. The zero-order valence-electron chi connectivity index (χ0n) is 11.8. The molecular weight excluding hydrogens is 312 g/mol. The fourth-order valence-electron chi connectivity index (χ4n) is 1.50. The fourth-order valence-corrected chi connectivity index (χ4v) is 3.35. The van der Waals surface area contributed by atoms with Crippen LogP contribution in [0, 0.1) is 0 Å². The molecule has 0 aliphatic heterocycles. The molecule has 1 aromatic carbocycles. The number of benzene rings is 1. The Kier molecular flexibility index (Phi) is 6.00. The maximum absolute atomic E-state index is 12.1. The molecule has 0 aromatic heterocycles. The first-order valence-electron chi connectivity index (χ1n) is 6.07. The Morgan fingerprint density at radius 3 is 2.55 bits per heavy atom. The summed E-state index contributed by atoms with van der Waals surface area (Å²) < 4.78 is 26.8. The molecule has 1 aromatic rings. The quantitative estimate of drug-likeness (QED) is 0.746. The summed E-state index contributed by atoms with van der Waals surface area (Å²) in [4.78, 5) is 0.209. The first-order chi connectivity index (χ1) is 9.17. The van der Waals surface area contributed by atoms with Crippen LogP contribution in [0.3, 0.4) is 0 Å². The molecule has 4 nitrogen and oxygen atoms in total. The average molecular weight is 333 g/mol. The van der Waals surface area contributed by atoms with Crippen LogP contribution in [0.4, 0.5) is 0 Å². The SMILES string of the molecule is CSC(C)(C)CNS(=O)(=O)Cc1ccccc1C(N)=S. The molecule has 20 heavy (non-hydrogen) atoms. The predicted octanol–water partition coefficient (Wildman–Crippen LogP) is 1.88. The van der Waals surface area contributed by atoms with Gasteiger partial charge >= 0.3 is 0 Å². The molecule has 7 heteroatoms. The van der Waals surface area contributed by atoms with E-state index < -0.39 is 10.0 Å². The van der Waals surface area contributed by atoms with E-state index in [4.69, 9.17) is 18.0 Å². The number of nitrogens with two attached hydrogens (primary N) is 1. The number of thioether (sulfide) groups is 1. The van der Waals surface area contributed by atoms with Crippen LogP contribution >= 0.6 is 24.0 Å². The third kappa shape index (κ3) is 5.40. The monoisotopic (exact) mass is 332 g/mol. The lowest BCUT2D eigenvalue weighted by Gasteiger charge is -2.22. The standard InChI is InChI=1S/C13H20N2O2S3/c1-13(2,19-3)9-15-20(16,17)8-10-6-4-5-7-11(10)12(14)18/h4-7,15H,8-9H2,1-3H3,(H2,14,18).